The molecule has 0 radical (unpaired) electrons. The normalized spacial score (nSPS) is 11.5. The van der Waals surface area contributed by atoms with Crippen molar-refractivity contribution >= 4 is 10.9 Å². The average molecular weight is 352 g/mol. The van der Waals surface area contributed by atoms with Gasteiger partial charge in [-0.05, 0) is 38.0 Å². The Balaban J connectivity index is 1.76. The Labute approximate surface area is 155 Å². The number of hydrogen-bond acceptors (Lipinski definition) is 3. The molecule has 2 aromatic carbocycles. The molecule has 3 rings (SSSR count). The third kappa shape index (κ3) is 3.86. The number of aromatic amines is 1. The van der Waals surface area contributed by atoms with Gasteiger partial charge in [-0.15, -0.1) is 0 Å². The molecule has 0 bridgehead atoms. The van der Waals surface area contributed by atoms with Crippen LogP contribution in [0.3, 0.4) is 0 Å². The summed E-state index contributed by atoms with van der Waals surface area (Å²) < 4.78 is 11.0. The van der Waals surface area contributed by atoms with E-state index in [9.17, 15) is 0 Å². The van der Waals surface area contributed by atoms with Crippen LogP contribution < -0.4 is 9.47 Å². The van der Waals surface area contributed by atoms with Crippen LogP contribution in [-0.2, 0) is 13.0 Å². The van der Waals surface area contributed by atoms with Gasteiger partial charge in [-0.2, -0.15) is 0 Å². The largest absolute Gasteiger partial charge is 0.493 e. The van der Waals surface area contributed by atoms with E-state index in [0.29, 0.717) is 6.04 Å². The maximum Gasteiger partial charge on any atom is 0.165 e. The Hall–Kier alpha value is -2.46. The van der Waals surface area contributed by atoms with Crippen LogP contribution in [-0.4, -0.2) is 36.7 Å². The van der Waals surface area contributed by atoms with Crippen LogP contribution in [0.15, 0.2) is 48.7 Å². The second kappa shape index (κ2) is 8.28. The Kier molecular flexibility index (Phi) is 5.84. The van der Waals surface area contributed by atoms with Crippen molar-refractivity contribution in [1.29, 1.82) is 0 Å². The standard InChI is InChI=1S/C22H28N2O2/c1-16(2)24(15-18-8-7-11-21(25-3)22(18)26-4)13-12-17-14-23-20-10-6-5-9-19(17)20/h5-11,14,16,23H,12-13,15H2,1-4H3. The summed E-state index contributed by atoms with van der Waals surface area (Å²) in [4.78, 5) is 5.84. The number of methoxy groups -OCH3 is 2. The molecule has 0 saturated heterocycles. The van der Waals surface area contributed by atoms with Gasteiger partial charge in [-0.3, -0.25) is 4.90 Å². The van der Waals surface area contributed by atoms with Crippen LogP contribution in [0.2, 0.25) is 0 Å². The molecule has 138 valence electrons. The summed E-state index contributed by atoms with van der Waals surface area (Å²) in [5, 5.41) is 1.31. The monoisotopic (exact) mass is 352 g/mol. The van der Waals surface area contributed by atoms with E-state index in [0.717, 1.165) is 36.6 Å². The Morgan fingerprint density at radius 2 is 1.77 bits per heavy atom. The number of para-hydroxylation sites is 2. The fourth-order valence-electron chi connectivity index (χ4n) is 3.42. The van der Waals surface area contributed by atoms with Crippen LogP contribution >= 0.6 is 0 Å². The zero-order chi connectivity index (χ0) is 18.5. The molecule has 0 unspecified atom stereocenters. The van der Waals surface area contributed by atoms with Gasteiger partial charge in [0.25, 0.3) is 0 Å². The molecule has 4 nitrogen and oxygen atoms in total. The van der Waals surface area contributed by atoms with Gasteiger partial charge in [0.2, 0.25) is 0 Å². The predicted molar refractivity (Wildman–Crippen MR) is 107 cm³/mol. The molecule has 0 spiro atoms. The highest BCUT2D eigenvalue weighted by Crippen LogP contribution is 2.32. The van der Waals surface area contributed by atoms with Gasteiger partial charge < -0.3 is 14.5 Å². The van der Waals surface area contributed by atoms with Crippen molar-refractivity contribution in [2.45, 2.75) is 32.9 Å². The van der Waals surface area contributed by atoms with Gasteiger partial charge in [-0.25, -0.2) is 0 Å². The van der Waals surface area contributed by atoms with E-state index < -0.39 is 0 Å². The van der Waals surface area contributed by atoms with Gasteiger partial charge in [0.15, 0.2) is 11.5 Å². The summed E-state index contributed by atoms with van der Waals surface area (Å²) >= 11 is 0. The van der Waals surface area contributed by atoms with Crippen molar-refractivity contribution in [1.82, 2.24) is 9.88 Å². The first-order chi connectivity index (χ1) is 12.6. The van der Waals surface area contributed by atoms with Crippen LogP contribution in [0.25, 0.3) is 10.9 Å². The maximum atomic E-state index is 5.60. The van der Waals surface area contributed by atoms with E-state index in [2.05, 4.69) is 60.3 Å². The highest BCUT2D eigenvalue weighted by molar-refractivity contribution is 5.83. The number of aromatic nitrogens is 1. The van der Waals surface area contributed by atoms with Crippen LogP contribution in [0, 0.1) is 0 Å². The summed E-state index contributed by atoms with van der Waals surface area (Å²) in [5.41, 5.74) is 3.72. The van der Waals surface area contributed by atoms with Gasteiger partial charge in [0.05, 0.1) is 14.2 Å². The number of hydrogen-bond donors (Lipinski definition) is 1. The van der Waals surface area contributed by atoms with Crippen LogP contribution in [0.5, 0.6) is 11.5 Å². The van der Waals surface area contributed by atoms with Gasteiger partial charge in [0, 0.05) is 41.8 Å². The third-order valence-electron chi connectivity index (χ3n) is 4.93. The number of ether oxygens (including phenoxy) is 2. The second-order valence-corrected chi connectivity index (χ2v) is 6.83. The summed E-state index contributed by atoms with van der Waals surface area (Å²) in [6, 6.07) is 15.0. The zero-order valence-corrected chi connectivity index (χ0v) is 16.1. The number of fused-ring (bicyclic) bond motifs is 1. The first-order valence-corrected chi connectivity index (χ1v) is 9.13. The smallest absolute Gasteiger partial charge is 0.165 e. The lowest BCUT2D eigenvalue weighted by Gasteiger charge is -2.27. The minimum Gasteiger partial charge on any atom is -0.493 e. The average Bonchev–Trinajstić information content (AvgIpc) is 3.07. The van der Waals surface area contributed by atoms with Gasteiger partial charge in [0.1, 0.15) is 0 Å². The minimum atomic E-state index is 0.441. The molecule has 0 aliphatic carbocycles. The quantitative estimate of drug-likeness (QED) is 0.642. The Morgan fingerprint density at radius 1 is 0.962 bits per heavy atom. The lowest BCUT2D eigenvalue weighted by atomic mass is 10.1. The van der Waals surface area contributed by atoms with E-state index in [1.54, 1.807) is 14.2 Å². The highest BCUT2D eigenvalue weighted by Gasteiger charge is 2.16. The van der Waals surface area contributed by atoms with E-state index in [1.807, 2.05) is 12.1 Å². The molecule has 0 aliphatic rings. The van der Waals surface area contributed by atoms with Crippen molar-refractivity contribution in [3.05, 3.63) is 59.8 Å². The minimum absolute atomic E-state index is 0.441. The van der Waals surface area contributed by atoms with E-state index in [-0.39, 0.29) is 0 Å². The van der Waals surface area contributed by atoms with Crippen molar-refractivity contribution < 1.29 is 9.47 Å². The summed E-state index contributed by atoms with van der Waals surface area (Å²) in [6.07, 6.45) is 3.14. The van der Waals surface area contributed by atoms with Crippen molar-refractivity contribution in [3.63, 3.8) is 0 Å². The molecule has 1 aromatic heterocycles. The van der Waals surface area contributed by atoms with E-state index in [4.69, 9.17) is 9.47 Å². The highest BCUT2D eigenvalue weighted by atomic mass is 16.5. The van der Waals surface area contributed by atoms with Crippen LogP contribution in [0.4, 0.5) is 0 Å². The molecule has 4 heteroatoms. The topological polar surface area (TPSA) is 37.5 Å². The number of benzene rings is 2. The molecule has 1 heterocycles. The molecule has 0 fully saturated rings. The molecule has 0 amide bonds. The molecule has 26 heavy (non-hydrogen) atoms. The fraction of sp³-hybridized carbons (Fsp3) is 0.364. The summed E-state index contributed by atoms with van der Waals surface area (Å²) in [5.74, 6) is 1.61. The number of nitrogens with zero attached hydrogens (tertiary/aromatic N) is 1. The molecule has 0 aliphatic heterocycles. The number of nitrogens with one attached hydrogen (secondary N) is 1. The summed E-state index contributed by atoms with van der Waals surface area (Å²) in [7, 11) is 3.38. The summed E-state index contributed by atoms with van der Waals surface area (Å²) in [6.45, 7) is 6.30. The molecule has 0 saturated carbocycles. The van der Waals surface area contributed by atoms with Crippen molar-refractivity contribution in [3.8, 4) is 11.5 Å². The van der Waals surface area contributed by atoms with E-state index >= 15 is 0 Å². The molecular weight excluding hydrogens is 324 g/mol. The lowest BCUT2D eigenvalue weighted by molar-refractivity contribution is 0.212. The second-order valence-electron chi connectivity index (χ2n) is 6.83. The van der Waals surface area contributed by atoms with Crippen LogP contribution in [0.1, 0.15) is 25.0 Å². The SMILES string of the molecule is COc1cccc(CN(CCc2c[nH]c3ccccc23)C(C)C)c1OC. The third-order valence-corrected chi connectivity index (χ3v) is 4.93. The zero-order valence-electron chi connectivity index (χ0n) is 16.1. The lowest BCUT2D eigenvalue weighted by Crippen LogP contribution is -2.32. The predicted octanol–water partition coefficient (Wildman–Crippen LogP) is 4.64. The first-order valence-electron chi connectivity index (χ1n) is 9.13. The molecule has 0 atom stereocenters. The fourth-order valence-corrected chi connectivity index (χ4v) is 3.42. The van der Waals surface area contributed by atoms with E-state index in [1.165, 1.54) is 16.5 Å². The molecule has 1 N–H and O–H groups in total. The Morgan fingerprint density at radius 3 is 2.50 bits per heavy atom. The number of H-pyrrole nitrogens is 1. The number of rotatable bonds is 8. The van der Waals surface area contributed by atoms with Gasteiger partial charge >= 0.3 is 0 Å². The molecule has 3 aromatic rings. The molecular formula is C22H28N2O2. The first kappa shape index (κ1) is 18.3. The van der Waals surface area contributed by atoms with Crippen molar-refractivity contribution in [2.24, 2.45) is 0 Å². The van der Waals surface area contributed by atoms with Crippen molar-refractivity contribution in [2.75, 3.05) is 20.8 Å². The Bertz CT molecular complexity index is 854. The maximum absolute atomic E-state index is 5.60. The van der Waals surface area contributed by atoms with Gasteiger partial charge in [-0.1, -0.05) is 30.3 Å².